The summed E-state index contributed by atoms with van der Waals surface area (Å²) in [5, 5.41) is 0.894. The number of furan rings is 1. The Hall–Kier alpha value is -1.33. The summed E-state index contributed by atoms with van der Waals surface area (Å²) in [6.45, 7) is 2.11. The fourth-order valence-electron chi connectivity index (χ4n) is 1.38. The summed E-state index contributed by atoms with van der Waals surface area (Å²) < 4.78 is 30.9. The maximum atomic E-state index is 11.6. The molecule has 80 valence electrons. The Morgan fingerprint density at radius 1 is 1.33 bits per heavy atom. The number of benzene rings is 1. The minimum Gasteiger partial charge on any atom is -0.464 e. The normalized spacial score (nSPS) is 12.1. The van der Waals surface area contributed by atoms with E-state index in [-0.39, 0.29) is 4.90 Å². The molecule has 0 bridgehead atoms. The quantitative estimate of drug-likeness (QED) is 0.865. The van der Waals surface area contributed by atoms with Crippen LogP contribution in [0.3, 0.4) is 0 Å². The number of rotatable bonds is 3. The van der Waals surface area contributed by atoms with Gasteiger partial charge >= 0.3 is 0 Å². The fraction of sp³-hybridized carbons (Fsp3) is 0.200. The van der Waals surface area contributed by atoms with Crippen molar-refractivity contribution >= 4 is 21.0 Å². The summed E-state index contributed by atoms with van der Waals surface area (Å²) in [4.78, 5) is 0.229. The molecule has 0 spiro atoms. The Kier molecular flexibility index (Phi) is 2.50. The molecular weight excluding hydrogens is 214 g/mol. The predicted octanol–water partition coefficient (Wildman–Crippen LogP) is 1.73. The molecule has 1 N–H and O–H groups in total. The van der Waals surface area contributed by atoms with Gasteiger partial charge in [-0.3, -0.25) is 0 Å². The molecule has 1 aromatic heterocycles. The van der Waals surface area contributed by atoms with Gasteiger partial charge in [0.25, 0.3) is 0 Å². The lowest BCUT2D eigenvalue weighted by molar-refractivity contribution is 0.582. The monoisotopic (exact) mass is 225 g/mol. The lowest BCUT2D eigenvalue weighted by Crippen LogP contribution is -2.22. The van der Waals surface area contributed by atoms with Crippen molar-refractivity contribution in [2.45, 2.75) is 11.8 Å². The zero-order chi connectivity index (χ0) is 10.9. The van der Waals surface area contributed by atoms with E-state index in [9.17, 15) is 8.42 Å². The van der Waals surface area contributed by atoms with Gasteiger partial charge in [0.05, 0.1) is 11.2 Å². The molecular formula is C10H11NO3S. The van der Waals surface area contributed by atoms with Gasteiger partial charge in [0, 0.05) is 18.0 Å². The van der Waals surface area contributed by atoms with Crippen molar-refractivity contribution in [1.29, 1.82) is 0 Å². The average Bonchev–Trinajstić information content (AvgIpc) is 2.63. The molecule has 0 unspecified atom stereocenters. The van der Waals surface area contributed by atoms with Crippen LogP contribution in [0.15, 0.2) is 39.8 Å². The molecule has 1 aromatic carbocycles. The van der Waals surface area contributed by atoms with Crippen LogP contribution in [0.5, 0.6) is 0 Å². The highest BCUT2D eigenvalue weighted by Gasteiger charge is 2.13. The second-order valence-electron chi connectivity index (χ2n) is 3.12. The van der Waals surface area contributed by atoms with E-state index in [0.717, 1.165) is 5.39 Å². The second-order valence-corrected chi connectivity index (χ2v) is 4.89. The van der Waals surface area contributed by atoms with E-state index in [4.69, 9.17) is 4.42 Å². The van der Waals surface area contributed by atoms with E-state index < -0.39 is 10.0 Å². The smallest absolute Gasteiger partial charge is 0.240 e. The number of nitrogens with one attached hydrogen (secondary N) is 1. The van der Waals surface area contributed by atoms with Gasteiger partial charge in [-0.15, -0.1) is 0 Å². The highest BCUT2D eigenvalue weighted by atomic mass is 32.2. The molecule has 0 fully saturated rings. The standard InChI is InChI=1S/C10H11NO3S/c1-2-11-15(12,13)9-4-3-8-5-6-14-10(8)7-9/h3-7,11H,2H2,1H3. The average molecular weight is 225 g/mol. The van der Waals surface area contributed by atoms with Crippen LogP contribution in [0.2, 0.25) is 0 Å². The molecule has 0 radical (unpaired) electrons. The molecule has 0 aliphatic rings. The summed E-state index contributed by atoms with van der Waals surface area (Å²) in [5.74, 6) is 0. The first-order valence-electron chi connectivity index (χ1n) is 4.60. The van der Waals surface area contributed by atoms with Gasteiger partial charge in [-0.05, 0) is 18.2 Å². The van der Waals surface area contributed by atoms with Crippen molar-refractivity contribution in [3.63, 3.8) is 0 Å². The Morgan fingerprint density at radius 3 is 2.87 bits per heavy atom. The lowest BCUT2D eigenvalue weighted by Gasteiger charge is -2.03. The van der Waals surface area contributed by atoms with E-state index in [2.05, 4.69) is 4.72 Å². The maximum absolute atomic E-state index is 11.6. The number of hydrogen-bond acceptors (Lipinski definition) is 3. The minimum atomic E-state index is -3.39. The Morgan fingerprint density at radius 2 is 2.13 bits per heavy atom. The third-order valence-electron chi connectivity index (χ3n) is 2.07. The third-order valence-corrected chi connectivity index (χ3v) is 3.62. The molecule has 1 heterocycles. The first kappa shape index (κ1) is 10.2. The molecule has 0 saturated carbocycles. The first-order chi connectivity index (χ1) is 7.13. The maximum Gasteiger partial charge on any atom is 0.240 e. The zero-order valence-corrected chi connectivity index (χ0v) is 9.04. The van der Waals surface area contributed by atoms with Gasteiger partial charge in [0.1, 0.15) is 5.58 Å². The Bertz CT molecular complexity index is 571. The van der Waals surface area contributed by atoms with Crippen LogP contribution in [0.4, 0.5) is 0 Å². The topological polar surface area (TPSA) is 59.3 Å². The molecule has 15 heavy (non-hydrogen) atoms. The molecule has 2 aromatic rings. The molecule has 0 saturated heterocycles. The molecule has 0 amide bonds. The molecule has 4 nitrogen and oxygen atoms in total. The Balaban J connectivity index is 2.52. The van der Waals surface area contributed by atoms with Crippen LogP contribution >= 0.6 is 0 Å². The van der Waals surface area contributed by atoms with Crippen LogP contribution in [-0.2, 0) is 10.0 Å². The van der Waals surface area contributed by atoms with Crippen LogP contribution in [0.1, 0.15) is 6.92 Å². The van der Waals surface area contributed by atoms with Crippen molar-refractivity contribution in [2.24, 2.45) is 0 Å². The summed E-state index contributed by atoms with van der Waals surface area (Å²) >= 11 is 0. The highest BCUT2D eigenvalue weighted by Crippen LogP contribution is 2.19. The first-order valence-corrected chi connectivity index (χ1v) is 6.09. The van der Waals surface area contributed by atoms with Gasteiger partial charge < -0.3 is 4.42 Å². The van der Waals surface area contributed by atoms with Crippen molar-refractivity contribution in [1.82, 2.24) is 4.72 Å². The van der Waals surface area contributed by atoms with E-state index >= 15 is 0 Å². The van der Waals surface area contributed by atoms with Crippen molar-refractivity contribution in [3.8, 4) is 0 Å². The molecule has 2 rings (SSSR count). The summed E-state index contributed by atoms with van der Waals surface area (Å²) in [7, 11) is -3.39. The lowest BCUT2D eigenvalue weighted by atomic mass is 10.3. The SMILES string of the molecule is CCNS(=O)(=O)c1ccc2ccoc2c1. The van der Waals surface area contributed by atoms with Gasteiger partial charge in [0.15, 0.2) is 0 Å². The van der Waals surface area contributed by atoms with Gasteiger partial charge in [0.2, 0.25) is 10.0 Å². The van der Waals surface area contributed by atoms with Crippen LogP contribution in [-0.4, -0.2) is 15.0 Å². The van der Waals surface area contributed by atoms with Crippen LogP contribution in [0, 0.1) is 0 Å². The van der Waals surface area contributed by atoms with E-state index in [1.807, 2.05) is 0 Å². The van der Waals surface area contributed by atoms with E-state index in [1.165, 1.54) is 12.3 Å². The zero-order valence-electron chi connectivity index (χ0n) is 8.23. The van der Waals surface area contributed by atoms with Crippen molar-refractivity contribution in [3.05, 3.63) is 30.5 Å². The van der Waals surface area contributed by atoms with Gasteiger partial charge in [-0.1, -0.05) is 6.92 Å². The fourth-order valence-corrected chi connectivity index (χ4v) is 2.43. The second kappa shape index (κ2) is 3.67. The summed E-state index contributed by atoms with van der Waals surface area (Å²) in [5.41, 5.74) is 0.578. The van der Waals surface area contributed by atoms with Crippen LogP contribution < -0.4 is 4.72 Å². The molecule has 0 atom stereocenters. The minimum absolute atomic E-state index is 0.229. The number of fused-ring (bicyclic) bond motifs is 1. The number of sulfonamides is 1. The van der Waals surface area contributed by atoms with Crippen molar-refractivity contribution < 1.29 is 12.8 Å². The number of hydrogen-bond donors (Lipinski definition) is 1. The van der Waals surface area contributed by atoms with E-state index in [1.54, 1.807) is 25.1 Å². The Labute approximate surface area is 87.9 Å². The molecule has 0 aliphatic carbocycles. The van der Waals surface area contributed by atoms with Crippen molar-refractivity contribution in [2.75, 3.05) is 6.54 Å². The van der Waals surface area contributed by atoms with Gasteiger partial charge in [-0.2, -0.15) is 0 Å². The van der Waals surface area contributed by atoms with Crippen LogP contribution in [0.25, 0.3) is 11.0 Å². The highest BCUT2D eigenvalue weighted by molar-refractivity contribution is 7.89. The third kappa shape index (κ3) is 1.88. The molecule has 0 aliphatic heterocycles. The summed E-state index contributed by atoms with van der Waals surface area (Å²) in [6.07, 6.45) is 1.54. The summed E-state index contributed by atoms with van der Waals surface area (Å²) in [6, 6.07) is 6.60. The van der Waals surface area contributed by atoms with E-state index in [0.29, 0.717) is 12.1 Å². The largest absolute Gasteiger partial charge is 0.464 e. The molecule has 5 heteroatoms. The predicted molar refractivity (Wildman–Crippen MR) is 57.1 cm³/mol. The van der Waals surface area contributed by atoms with Gasteiger partial charge in [-0.25, -0.2) is 13.1 Å².